The van der Waals surface area contributed by atoms with Crippen LogP contribution in [0, 0.1) is 0 Å². The quantitative estimate of drug-likeness (QED) is 0.192. The predicted molar refractivity (Wildman–Crippen MR) is 89.7 cm³/mol. The van der Waals surface area contributed by atoms with Gasteiger partial charge in [-0.2, -0.15) is 4.79 Å². The van der Waals surface area contributed by atoms with E-state index in [9.17, 15) is 9.59 Å². The molecule has 1 rings (SSSR count). The van der Waals surface area contributed by atoms with Gasteiger partial charge in [0.15, 0.2) is 8.32 Å². The van der Waals surface area contributed by atoms with Gasteiger partial charge in [0.05, 0.1) is 6.10 Å². The van der Waals surface area contributed by atoms with Crippen LogP contribution in [0.15, 0.2) is 0 Å². The lowest BCUT2D eigenvalue weighted by molar-refractivity contribution is -0.153. The van der Waals surface area contributed by atoms with Crippen molar-refractivity contribution in [2.75, 3.05) is 0 Å². The Labute approximate surface area is 139 Å². The summed E-state index contributed by atoms with van der Waals surface area (Å²) in [6, 6.07) is 0. The van der Waals surface area contributed by atoms with Gasteiger partial charge in [0.1, 0.15) is 6.10 Å². The molecular formula is C16H28N2O4Si. The molecule has 1 fully saturated rings. The van der Waals surface area contributed by atoms with Gasteiger partial charge in [-0.1, -0.05) is 27.2 Å². The van der Waals surface area contributed by atoms with Crippen molar-refractivity contribution >= 4 is 25.8 Å². The first-order valence-electron chi connectivity index (χ1n) is 8.11. The Morgan fingerprint density at radius 1 is 1.13 bits per heavy atom. The molecule has 0 saturated heterocycles. The second-order valence-corrected chi connectivity index (χ2v) is 12.4. The van der Waals surface area contributed by atoms with E-state index in [1.54, 1.807) is 0 Å². The largest absolute Gasteiger partial charge is 0.451 e. The summed E-state index contributed by atoms with van der Waals surface area (Å²) in [5, 5.41) is 0.0656. The van der Waals surface area contributed by atoms with Crippen molar-refractivity contribution in [2.45, 2.75) is 83.7 Å². The van der Waals surface area contributed by atoms with Crippen LogP contribution in [0.1, 0.15) is 53.4 Å². The molecule has 1 saturated carbocycles. The summed E-state index contributed by atoms with van der Waals surface area (Å²) < 4.78 is 11.8. The minimum Gasteiger partial charge on any atom is -0.451 e. The molecule has 2 atom stereocenters. The van der Waals surface area contributed by atoms with Crippen molar-refractivity contribution in [1.29, 1.82) is 0 Å². The molecule has 6 nitrogen and oxygen atoms in total. The molecular weight excluding hydrogens is 312 g/mol. The van der Waals surface area contributed by atoms with E-state index in [0.717, 1.165) is 19.3 Å². The molecule has 23 heavy (non-hydrogen) atoms. The average Bonchev–Trinajstić information content (AvgIpc) is 2.39. The molecule has 0 aromatic rings. The van der Waals surface area contributed by atoms with E-state index in [0.29, 0.717) is 6.42 Å². The summed E-state index contributed by atoms with van der Waals surface area (Å²) in [5.74, 6) is -1.49. The highest BCUT2D eigenvalue weighted by Gasteiger charge is 2.43. The van der Waals surface area contributed by atoms with Gasteiger partial charge in [-0.3, -0.25) is 4.79 Å². The van der Waals surface area contributed by atoms with Crippen LogP contribution in [-0.4, -0.2) is 42.8 Å². The number of carbonyl (C=O) groups is 2. The van der Waals surface area contributed by atoms with Crippen molar-refractivity contribution in [2.24, 2.45) is 0 Å². The van der Waals surface area contributed by atoms with E-state index in [1.165, 1.54) is 6.92 Å². The third-order valence-corrected chi connectivity index (χ3v) is 9.28. The van der Waals surface area contributed by atoms with Crippen LogP contribution in [0.3, 0.4) is 0 Å². The Morgan fingerprint density at radius 3 is 2.09 bits per heavy atom. The molecule has 0 heterocycles. The molecule has 0 spiro atoms. The number of hydrogen-bond acceptors (Lipinski definition) is 4. The first kappa shape index (κ1) is 19.7. The van der Waals surface area contributed by atoms with Crippen molar-refractivity contribution in [3.8, 4) is 0 Å². The molecule has 0 aliphatic heterocycles. The Bertz CT molecular complexity index is 519. The first-order valence-corrected chi connectivity index (χ1v) is 11.0. The fourth-order valence-electron chi connectivity index (χ4n) is 2.34. The van der Waals surface area contributed by atoms with Crippen LogP contribution in [-0.2, 0) is 18.8 Å². The highest BCUT2D eigenvalue weighted by molar-refractivity contribution is 6.74. The van der Waals surface area contributed by atoms with Crippen molar-refractivity contribution in [3.05, 3.63) is 5.53 Å². The van der Waals surface area contributed by atoms with E-state index in [-0.39, 0.29) is 11.1 Å². The van der Waals surface area contributed by atoms with Crippen LogP contribution in [0.4, 0.5) is 0 Å². The maximum absolute atomic E-state index is 12.0. The number of nitrogens with zero attached hydrogens (tertiary/aromatic N) is 2. The second-order valence-electron chi connectivity index (χ2n) is 7.65. The Kier molecular flexibility index (Phi) is 6.45. The molecule has 0 unspecified atom stereocenters. The number of ketones is 1. The van der Waals surface area contributed by atoms with Crippen LogP contribution in [0.25, 0.3) is 5.53 Å². The second kappa shape index (κ2) is 7.51. The monoisotopic (exact) mass is 340 g/mol. The highest BCUT2D eigenvalue weighted by atomic mass is 28.4. The number of hydrogen-bond donors (Lipinski definition) is 0. The van der Waals surface area contributed by atoms with E-state index in [4.69, 9.17) is 14.7 Å². The van der Waals surface area contributed by atoms with Gasteiger partial charge < -0.3 is 14.7 Å². The van der Waals surface area contributed by atoms with Gasteiger partial charge in [-0.15, -0.1) is 0 Å². The lowest BCUT2D eigenvalue weighted by Crippen LogP contribution is -2.49. The molecule has 0 aromatic heterocycles. The van der Waals surface area contributed by atoms with Crippen LogP contribution < -0.4 is 0 Å². The Morgan fingerprint density at radius 2 is 1.65 bits per heavy atom. The molecule has 1 aliphatic carbocycles. The average molecular weight is 340 g/mol. The zero-order valence-corrected chi connectivity index (χ0v) is 16.0. The normalized spacial score (nSPS) is 22.2. The topological polar surface area (TPSA) is 89.0 Å². The fourth-order valence-corrected chi connectivity index (χ4v) is 3.72. The molecule has 0 bridgehead atoms. The lowest BCUT2D eigenvalue weighted by atomic mass is 9.95. The summed E-state index contributed by atoms with van der Waals surface area (Å²) in [6.07, 6.45) is 2.93. The smallest absolute Gasteiger partial charge is 0.441 e. The number of ether oxygens (including phenoxy) is 1. The number of carbonyl (C=O) groups excluding carboxylic acids is 2. The zero-order valence-electron chi connectivity index (χ0n) is 15.0. The molecule has 1 aliphatic rings. The molecule has 0 aromatic carbocycles. The number of rotatable bonds is 5. The maximum atomic E-state index is 12.0. The Balaban J connectivity index is 2.86. The van der Waals surface area contributed by atoms with Crippen LogP contribution in [0.5, 0.6) is 0 Å². The van der Waals surface area contributed by atoms with E-state index < -0.39 is 31.9 Å². The SMILES string of the molecule is CC(=O)C(=[N+]=[N-])C(=O)O[C@@H]1CCCC[C@@H]1O[Si](C)(C)C(C)(C)C. The Hall–Kier alpha value is -1.30. The van der Waals surface area contributed by atoms with Crippen molar-refractivity contribution in [3.63, 3.8) is 0 Å². The van der Waals surface area contributed by atoms with Gasteiger partial charge in [-0.25, -0.2) is 4.79 Å². The van der Waals surface area contributed by atoms with Gasteiger partial charge in [0.25, 0.3) is 0 Å². The predicted octanol–water partition coefficient (Wildman–Crippen LogP) is 3.12. The van der Waals surface area contributed by atoms with E-state index >= 15 is 0 Å². The number of Topliss-reactive ketones (excluding diaryl/α,β-unsaturated/α-hetero) is 1. The van der Waals surface area contributed by atoms with Gasteiger partial charge in [0, 0.05) is 6.92 Å². The first-order chi connectivity index (χ1) is 10.5. The zero-order chi connectivity index (χ0) is 17.8. The summed E-state index contributed by atoms with van der Waals surface area (Å²) in [6.45, 7) is 12.0. The van der Waals surface area contributed by atoms with Crippen molar-refractivity contribution in [1.82, 2.24) is 0 Å². The number of esters is 1. The molecule has 0 N–H and O–H groups in total. The molecule has 0 radical (unpaired) electrons. The van der Waals surface area contributed by atoms with E-state index in [1.807, 2.05) is 0 Å². The maximum Gasteiger partial charge on any atom is 0.441 e. The summed E-state index contributed by atoms with van der Waals surface area (Å²) >= 11 is 0. The third kappa shape index (κ3) is 5.09. The van der Waals surface area contributed by atoms with Gasteiger partial charge in [-0.05, 0) is 37.4 Å². The molecule has 0 amide bonds. The summed E-state index contributed by atoms with van der Waals surface area (Å²) in [7, 11) is -1.98. The van der Waals surface area contributed by atoms with Gasteiger partial charge >= 0.3 is 11.7 Å². The third-order valence-electron chi connectivity index (χ3n) is 4.78. The molecule has 130 valence electrons. The summed E-state index contributed by atoms with van der Waals surface area (Å²) in [4.78, 5) is 26.1. The standard InChI is InChI=1S/C16H28N2O4Si/c1-11(19)14(18-17)15(20)21-12-9-7-8-10-13(12)22-23(5,6)16(2,3)4/h12-13H,7-10H2,1-6H3/t12-,13+/m1/s1. The minimum atomic E-state index is -1.98. The molecule has 7 heteroatoms. The fraction of sp³-hybridized carbons (Fsp3) is 0.812. The highest BCUT2D eigenvalue weighted by Crippen LogP contribution is 2.39. The van der Waals surface area contributed by atoms with E-state index in [2.05, 4.69) is 38.7 Å². The van der Waals surface area contributed by atoms with Crippen molar-refractivity contribution < 1.29 is 23.5 Å². The minimum absolute atomic E-state index is 0.0656. The van der Waals surface area contributed by atoms with Gasteiger partial charge in [0.2, 0.25) is 5.78 Å². The lowest BCUT2D eigenvalue weighted by Gasteiger charge is -2.42. The summed E-state index contributed by atoms with van der Waals surface area (Å²) in [5.41, 5.74) is 8.23. The van der Waals surface area contributed by atoms with Crippen LogP contribution in [0.2, 0.25) is 18.1 Å². The van der Waals surface area contributed by atoms with Crippen LogP contribution >= 0.6 is 0 Å².